The first-order chi connectivity index (χ1) is 11.2. The van der Waals surface area contributed by atoms with Crippen molar-refractivity contribution in [1.29, 1.82) is 0 Å². The standard InChI is InChI=1S/C19H21NO3/c1-22-17-9-5-6-15(12-17)13-19(21)20-11-10-18(14-20)23-16-7-3-2-4-8-16/h2-9,12,18H,10-11,13-14H2,1H3. The summed E-state index contributed by atoms with van der Waals surface area (Å²) in [6.07, 6.45) is 1.35. The molecule has 1 atom stereocenters. The van der Waals surface area contributed by atoms with Gasteiger partial charge < -0.3 is 14.4 Å². The summed E-state index contributed by atoms with van der Waals surface area (Å²) in [4.78, 5) is 14.3. The second-order valence-corrected chi connectivity index (χ2v) is 5.71. The zero-order valence-electron chi connectivity index (χ0n) is 13.3. The van der Waals surface area contributed by atoms with Gasteiger partial charge in [0.25, 0.3) is 0 Å². The predicted molar refractivity (Wildman–Crippen MR) is 88.8 cm³/mol. The maximum absolute atomic E-state index is 12.4. The van der Waals surface area contributed by atoms with Gasteiger partial charge in [-0.15, -0.1) is 0 Å². The molecule has 0 bridgehead atoms. The number of likely N-dealkylation sites (tertiary alicyclic amines) is 1. The van der Waals surface area contributed by atoms with Crippen molar-refractivity contribution in [2.24, 2.45) is 0 Å². The molecular weight excluding hydrogens is 290 g/mol. The lowest BCUT2D eigenvalue weighted by atomic mass is 10.1. The van der Waals surface area contributed by atoms with Crippen LogP contribution < -0.4 is 9.47 Å². The number of hydrogen-bond acceptors (Lipinski definition) is 3. The lowest BCUT2D eigenvalue weighted by Gasteiger charge is -2.17. The smallest absolute Gasteiger partial charge is 0.227 e. The van der Waals surface area contributed by atoms with Crippen LogP contribution in [0.15, 0.2) is 54.6 Å². The Balaban J connectivity index is 1.55. The molecule has 1 unspecified atom stereocenters. The number of carbonyl (C=O) groups excluding carboxylic acids is 1. The number of amides is 1. The van der Waals surface area contributed by atoms with Gasteiger partial charge in [-0.1, -0.05) is 30.3 Å². The number of methoxy groups -OCH3 is 1. The minimum atomic E-state index is 0.0756. The Labute approximate surface area is 136 Å². The molecule has 1 fully saturated rings. The van der Waals surface area contributed by atoms with Crippen LogP contribution in [-0.2, 0) is 11.2 Å². The van der Waals surface area contributed by atoms with Gasteiger partial charge in [-0.3, -0.25) is 4.79 Å². The monoisotopic (exact) mass is 311 g/mol. The van der Waals surface area contributed by atoms with E-state index in [1.54, 1.807) is 7.11 Å². The van der Waals surface area contributed by atoms with E-state index in [-0.39, 0.29) is 12.0 Å². The van der Waals surface area contributed by atoms with Gasteiger partial charge in [0.15, 0.2) is 0 Å². The molecule has 1 heterocycles. The molecule has 1 aliphatic heterocycles. The van der Waals surface area contributed by atoms with Crippen LogP contribution in [0, 0.1) is 0 Å². The maximum Gasteiger partial charge on any atom is 0.227 e. The molecule has 120 valence electrons. The van der Waals surface area contributed by atoms with E-state index in [1.807, 2.05) is 59.5 Å². The summed E-state index contributed by atoms with van der Waals surface area (Å²) in [6, 6.07) is 17.4. The highest BCUT2D eigenvalue weighted by Crippen LogP contribution is 2.19. The Hall–Kier alpha value is -2.49. The van der Waals surface area contributed by atoms with E-state index in [4.69, 9.17) is 9.47 Å². The van der Waals surface area contributed by atoms with Gasteiger partial charge in [0, 0.05) is 13.0 Å². The van der Waals surface area contributed by atoms with Crippen LogP contribution in [0.1, 0.15) is 12.0 Å². The fourth-order valence-electron chi connectivity index (χ4n) is 2.81. The molecule has 2 aromatic rings. The van der Waals surface area contributed by atoms with E-state index in [9.17, 15) is 4.79 Å². The fraction of sp³-hybridized carbons (Fsp3) is 0.316. The van der Waals surface area contributed by atoms with Crippen LogP contribution in [0.25, 0.3) is 0 Å². The van der Waals surface area contributed by atoms with Crippen LogP contribution in [0.5, 0.6) is 11.5 Å². The summed E-state index contributed by atoms with van der Waals surface area (Å²) in [5.74, 6) is 1.78. The van der Waals surface area contributed by atoms with Crippen molar-refractivity contribution in [3.63, 3.8) is 0 Å². The molecule has 2 aromatic carbocycles. The molecule has 0 aromatic heterocycles. The molecule has 1 aliphatic rings. The largest absolute Gasteiger partial charge is 0.497 e. The first-order valence-electron chi connectivity index (χ1n) is 7.87. The summed E-state index contributed by atoms with van der Waals surface area (Å²) in [6.45, 7) is 1.40. The van der Waals surface area contributed by atoms with Gasteiger partial charge in [0.2, 0.25) is 5.91 Å². The van der Waals surface area contributed by atoms with Crippen LogP contribution in [0.3, 0.4) is 0 Å². The molecule has 0 aliphatic carbocycles. The zero-order valence-corrected chi connectivity index (χ0v) is 13.3. The average molecular weight is 311 g/mol. The molecule has 0 spiro atoms. The number of nitrogens with zero attached hydrogens (tertiary/aromatic N) is 1. The highest BCUT2D eigenvalue weighted by molar-refractivity contribution is 5.79. The van der Waals surface area contributed by atoms with Gasteiger partial charge in [-0.2, -0.15) is 0 Å². The Bertz CT molecular complexity index is 657. The van der Waals surface area contributed by atoms with Crippen molar-refractivity contribution in [1.82, 2.24) is 4.90 Å². The van der Waals surface area contributed by atoms with Gasteiger partial charge in [-0.05, 0) is 29.8 Å². The topological polar surface area (TPSA) is 38.8 Å². The molecule has 3 rings (SSSR count). The van der Waals surface area contributed by atoms with E-state index >= 15 is 0 Å². The summed E-state index contributed by atoms with van der Waals surface area (Å²) in [7, 11) is 1.63. The highest BCUT2D eigenvalue weighted by atomic mass is 16.5. The lowest BCUT2D eigenvalue weighted by molar-refractivity contribution is -0.129. The maximum atomic E-state index is 12.4. The van der Waals surface area contributed by atoms with Crippen molar-refractivity contribution in [2.75, 3.05) is 20.2 Å². The Morgan fingerprint density at radius 1 is 1.13 bits per heavy atom. The first-order valence-corrected chi connectivity index (χ1v) is 7.87. The van der Waals surface area contributed by atoms with Gasteiger partial charge in [-0.25, -0.2) is 0 Å². The Kier molecular flexibility index (Phi) is 4.81. The molecule has 4 heteroatoms. The van der Waals surface area contributed by atoms with Crippen LogP contribution in [0.4, 0.5) is 0 Å². The predicted octanol–water partition coefficient (Wildman–Crippen LogP) is 2.92. The molecule has 0 saturated carbocycles. The van der Waals surface area contributed by atoms with Crippen molar-refractivity contribution >= 4 is 5.91 Å². The minimum Gasteiger partial charge on any atom is -0.497 e. The van der Waals surface area contributed by atoms with E-state index in [1.165, 1.54) is 0 Å². The summed E-state index contributed by atoms with van der Waals surface area (Å²) >= 11 is 0. The van der Waals surface area contributed by atoms with E-state index in [0.29, 0.717) is 13.0 Å². The number of benzene rings is 2. The van der Waals surface area contributed by atoms with E-state index in [2.05, 4.69) is 0 Å². The average Bonchev–Trinajstić information content (AvgIpc) is 3.04. The van der Waals surface area contributed by atoms with Gasteiger partial charge in [0.1, 0.15) is 17.6 Å². The van der Waals surface area contributed by atoms with Crippen molar-refractivity contribution in [2.45, 2.75) is 18.9 Å². The normalized spacial score (nSPS) is 17.1. The van der Waals surface area contributed by atoms with E-state index < -0.39 is 0 Å². The first kappa shape index (κ1) is 15.4. The molecule has 0 N–H and O–H groups in total. The molecule has 1 amide bonds. The van der Waals surface area contributed by atoms with Gasteiger partial charge in [0.05, 0.1) is 20.1 Å². The Morgan fingerprint density at radius 2 is 1.91 bits per heavy atom. The third kappa shape index (κ3) is 4.03. The SMILES string of the molecule is COc1cccc(CC(=O)N2CCC(Oc3ccccc3)C2)c1. The number of ether oxygens (including phenoxy) is 2. The molecule has 4 nitrogen and oxygen atoms in total. The zero-order chi connectivity index (χ0) is 16.1. The number of para-hydroxylation sites is 1. The molecular formula is C19H21NO3. The molecule has 1 saturated heterocycles. The minimum absolute atomic E-state index is 0.0756. The van der Waals surface area contributed by atoms with Crippen LogP contribution in [-0.4, -0.2) is 37.1 Å². The van der Waals surface area contributed by atoms with Crippen molar-refractivity contribution < 1.29 is 14.3 Å². The lowest BCUT2D eigenvalue weighted by Crippen LogP contribution is -2.32. The summed E-state index contributed by atoms with van der Waals surface area (Å²) in [5.41, 5.74) is 0.974. The Morgan fingerprint density at radius 3 is 2.70 bits per heavy atom. The number of carbonyl (C=O) groups is 1. The van der Waals surface area contributed by atoms with Gasteiger partial charge >= 0.3 is 0 Å². The van der Waals surface area contributed by atoms with E-state index in [0.717, 1.165) is 30.0 Å². The van der Waals surface area contributed by atoms with Crippen molar-refractivity contribution in [3.05, 3.63) is 60.2 Å². The van der Waals surface area contributed by atoms with Crippen LogP contribution >= 0.6 is 0 Å². The second kappa shape index (κ2) is 7.18. The summed E-state index contributed by atoms with van der Waals surface area (Å²) in [5, 5.41) is 0. The third-order valence-corrected chi connectivity index (χ3v) is 4.03. The quantitative estimate of drug-likeness (QED) is 0.852. The molecule has 23 heavy (non-hydrogen) atoms. The summed E-state index contributed by atoms with van der Waals surface area (Å²) < 4.78 is 11.1. The highest BCUT2D eigenvalue weighted by Gasteiger charge is 2.27. The molecule has 0 radical (unpaired) electrons. The van der Waals surface area contributed by atoms with Crippen molar-refractivity contribution in [3.8, 4) is 11.5 Å². The number of hydrogen-bond donors (Lipinski definition) is 0. The number of rotatable bonds is 5. The second-order valence-electron chi connectivity index (χ2n) is 5.71. The third-order valence-electron chi connectivity index (χ3n) is 4.03. The van der Waals surface area contributed by atoms with Crippen LogP contribution in [0.2, 0.25) is 0 Å². The fourth-order valence-corrected chi connectivity index (χ4v) is 2.81.